The number of nitrogens with one attached hydrogen (secondary N) is 1. The number of rotatable bonds is 7. The Bertz CT molecular complexity index is 837. The third-order valence-electron chi connectivity index (χ3n) is 4.04. The van der Waals surface area contributed by atoms with Gasteiger partial charge in [-0.05, 0) is 56.0 Å². The fourth-order valence-electron chi connectivity index (χ4n) is 2.50. The minimum absolute atomic E-state index is 0.0545. The zero-order valence-corrected chi connectivity index (χ0v) is 15.7. The van der Waals surface area contributed by atoms with Gasteiger partial charge in [-0.3, -0.25) is 14.9 Å². The zero-order valence-electron chi connectivity index (χ0n) is 15.0. The van der Waals surface area contributed by atoms with Crippen LogP contribution in [0.3, 0.4) is 0 Å². The van der Waals surface area contributed by atoms with Crippen molar-refractivity contribution in [3.05, 3.63) is 67.7 Å². The monoisotopic (exact) mass is 376 g/mol. The predicted octanol–water partition coefficient (Wildman–Crippen LogP) is 4.37. The van der Waals surface area contributed by atoms with Gasteiger partial charge in [-0.1, -0.05) is 17.7 Å². The molecule has 2 aromatic carbocycles. The zero-order chi connectivity index (χ0) is 19.3. The molecule has 0 spiro atoms. The maximum absolute atomic E-state index is 12.1. The van der Waals surface area contributed by atoms with Gasteiger partial charge in [-0.2, -0.15) is 0 Å². The molecule has 0 aliphatic rings. The molecule has 7 heteroatoms. The standard InChI is InChI=1S/C19H21ClN2O4/c1-12-9-13(2)14(3)18(10-12)26-8-4-7-21-19(23)16-6-5-15(22(24)25)11-17(16)20/h5-6,9-11H,4,7-8H2,1-3H3,(H,21,23). The van der Waals surface area contributed by atoms with Gasteiger partial charge in [-0.25, -0.2) is 0 Å². The second-order valence-electron chi connectivity index (χ2n) is 6.08. The molecule has 6 nitrogen and oxygen atoms in total. The summed E-state index contributed by atoms with van der Waals surface area (Å²) in [6.45, 7) is 6.97. The molecule has 0 aliphatic heterocycles. The molecule has 0 aromatic heterocycles. The van der Waals surface area contributed by atoms with E-state index in [-0.39, 0.29) is 22.2 Å². The molecule has 0 saturated heterocycles. The Labute approximate surface area is 157 Å². The minimum atomic E-state index is -0.556. The van der Waals surface area contributed by atoms with Crippen molar-refractivity contribution in [1.29, 1.82) is 0 Å². The fourth-order valence-corrected chi connectivity index (χ4v) is 2.76. The van der Waals surface area contributed by atoms with Crippen LogP contribution in [0.5, 0.6) is 5.75 Å². The predicted molar refractivity (Wildman–Crippen MR) is 101 cm³/mol. The fraction of sp³-hybridized carbons (Fsp3) is 0.316. The van der Waals surface area contributed by atoms with E-state index >= 15 is 0 Å². The number of hydrogen-bond donors (Lipinski definition) is 1. The van der Waals surface area contributed by atoms with Crippen LogP contribution in [0.25, 0.3) is 0 Å². The summed E-state index contributed by atoms with van der Waals surface area (Å²) in [7, 11) is 0. The molecular weight excluding hydrogens is 356 g/mol. The number of nitro benzene ring substituents is 1. The second-order valence-corrected chi connectivity index (χ2v) is 6.49. The Balaban J connectivity index is 1.83. The Morgan fingerprint density at radius 2 is 1.96 bits per heavy atom. The summed E-state index contributed by atoms with van der Waals surface area (Å²) >= 11 is 5.95. The molecule has 2 aromatic rings. The van der Waals surface area contributed by atoms with Gasteiger partial charge in [-0.15, -0.1) is 0 Å². The first-order chi connectivity index (χ1) is 12.3. The highest BCUT2D eigenvalue weighted by Crippen LogP contribution is 2.24. The van der Waals surface area contributed by atoms with Crippen LogP contribution in [-0.2, 0) is 0 Å². The minimum Gasteiger partial charge on any atom is -0.493 e. The first kappa shape index (κ1) is 19.7. The van der Waals surface area contributed by atoms with Crippen LogP contribution in [0, 0.1) is 30.9 Å². The quantitative estimate of drug-likeness (QED) is 0.442. The summed E-state index contributed by atoms with van der Waals surface area (Å²) in [6, 6.07) is 7.88. The van der Waals surface area contributed by atoms with Crippen molar-refractivity contribution in [2.45, 2.75) is 27.2 Å². The smallest absolute Gasteiger partial charge is 0.270 e. The topological polar surface area (TPSA) is 81.5 Å². The van der Waals surface area contributed by atoms with Crippen LogP contribution < -0.4 is 10.1 Å². The summed E-state index contributed by atoms with van der Waals surface area (Å²) < 4.78 is 5.80. The third kappa shape index (κ3) is 4.95. The molecule has 2 rings (SSSR count). The van der Waals surface area contributed by atoms with Crippen molar-refractivity contribution in [3.8, 4) is 5.75 Å². The van der Waals surface area contributed by atoms with E-state index in [2.05, 4.69) is 11.4 Å². The van der Waals surface area contributed by atoms with E-state index in [1.165, 1.54) is 23.8 Å². The largest absolute Gasteiger partial charge is 0.493 e. The summed E-state index contributed by atoms with van der Waals surface area (Å²) in [4.78, 5) is 22.3. The van der Waals surface area contributed by atoms with Gasteiger partial charge in [0.15, 0.2) is 0 Å². The van der Waals surface area contributed by atoms with Crippen LogP contribution >= 0.6 is 11.6 Å². The lowest BCUT2D eigenvalue weighted by Gasteiger charge is -2.12. The molecule has 0 saturated carbocycles. The Morgan fingerprint density at radius 1 is 1.23 bits per heavy atom. The van der Waals surface area contributed by atoms with Gasteiger partial charge in [0.25, 0.3) is 11.6 Å². The SMILES string of the molecule is Cc1cc(C)c(C)c(OCCCNC(=O)c2ccc([N+](=O)[O-])cc2Cl)c1. The number of ether oxygens (including phenoxy) is 1. The number of amides is 1. The van der Waals surface area contributed by atoms with Crippen molar-refractivity contribution >= 4 is 23.2 Å². The average molecular weight is 377 g/mol. The van der Waals surface area contributed by atoms with Gasteiger partial charge in [0.05, 0.1) is 22.1 Å². The molecule has 138 valence electrons. The number of carbonyl (C=O) groups is 1. The van der Waals surface area contributed by atoms with Gasteiger partial charge < -0.3 is 10.1 Å². The summed E-state index contributed by atoms with van der Waals surface area (Å²) in [5.74, 6) is 0.486. The molecular formula is C19H21ClN2O4. The summed E-state index contributed by atoms with van der Waals surface area (Å²) in [6.07, 6.45) is 0.628. The first-order valence-corrected chi connectivity index (χ1v) is 8.60. The molecule has 0 fully saturated rings. The summed E-state index contributed by atoms with van der Waals surface area (Å²) in [5, 5.41) is 13.5. The van der Waals surface area contributed by atoms with Crippen molar-refractivity contribution in [2.24, 2.45) is 0 Å². The van der Waals surface area contributed by atoms with E-state index in [1.807, 2.05) is 26.8 Å². The van der Waals surface area contributed by atoms with E-state index in [0.717, 1.165) is 16.9 Å². The van der Waals surface area contributed by atoms with E-state index in [0.29, 0.717) is 19.6 Å². The first-order valence-electron chi connectivity index (χ1n) is 8.22. The molecule has 1 amide bonds. The molecule has 1 N–H and O–H groups in total. The van der Waals surface area contributed by atoms with Crippen molar-refractivity contribution in [3.63, 3.8) is 0 Å². The Morgan fingerprint density at radius 3 is 2.62 bits per heavy atom. The highest BCUT2D eigenvalue weighted by molar-refractivity contribution is 6.34. The lowest BCUT2D eigenvalue weighted by molar-refractivity contribution is -0.384. The lowest BCUT2D eigenvalue weighted by Crippen LogP contribution is -2.25. The van der Waals surface area contributed by atoms with Crippen molar-refractivity contribution in [1.82, 2.24) is 5.32 Å². The molecule has 0 radical (unpaired) electrons. The number of nitro groups is 1. The van der Waals surface area contributed by atoms with Crippen LogP contribution in [-0.4, -0.2) is 24.0 Å². The molecule has 0 aliphatic carbocycles. The number of benzene rings is 2. The van der Waals surface area contributed by atoms with Crippen molar-refractivity contribution in [2.75, 3.05) is 13.2 Å². The second kappa shape index (κ2) is 8.67. The van der Waals surface area contributed by atoms with Gasteiger partial charge in [0.1, 0.15) is 5.75 Å². The molecule has 0 bridgehead atoms. The highest BCUT2D eigenvalue weighted by Gasteiger charge is 2.14. The normalized spacial score (nSPS) is 10.5. The van der Waals surface area contributed by atoms with E-state index in [9.17, 15) is 14.9 Å². The molecule has 0 unspecified atom stereocenters. The summed E-state index contributed by atoms with van der Waals surface area (Å²) in [5.41, 5.74) is 3.50. The number of hydrogen-bond acceptors (Lipinski definition) is 4. The van der Waals surface area contributed by atoms with E-state index in [1.54, 1.807) is 0 Å². The number of halogens is 1. The number of aryl methyl sites for hydroxylation is 2. The molecule has 26 heavy (non-hydrogen) atoms. The van der Waals surface area contributed by atoms with Crippen molar-refractivity contribution < 1.29 is 14.5 Å². The van der Waals surface area contributed by atoms with Gasteiger partial charge >= 0.3 is 0 Å². The molecule has 0 atom stereocenters. The molecule has 0 heterocycles. The number of non-ortho nitro benzene ring substituents is 1. The maximum Gasteiger partial charge on any atom is 0.270 e. The van der Waals surface area contributed by atoms with Crippen LogP contribution in [0.2, 0.25) is 5.02 Å². The number of nitrogens with zero attached hydrogens (tertiary/aromatic N) is 1. The van der Waals surface area contributed by atoms with E-state index in [4.69, 9.17) is 16.3 Å². The maximum atomic E-state index is 12.1. The Hall–Kier alpha value is -2.60. The lowest BCUT2D eigenvalue weighted by atomic mass is 10.1. The van der Waals surface area contributed by atoms with Crippen LogP contribution in [0.1, 0.15) is 33.5 Å². The van der Waals surface area contributed by atoms with E-state index < -0.39 is 4.92 Å². The van der Waals surface area contributed by atoms with Gasteiger partial charge in [0, 0.05) is 18.7 Å². The van der Waals surface area contributed by atoms with Crippen LogP contribution in [0.15, 0.2) is 30.3 Å². The third-order valence-corrected chi connectivity index (χ3v) is 4.35. The number of carbonyl (C=O) groups excluding carboxylic acids is 1. The van der Waals surface area contributed by atoms with Crippen LogP contribution in [0.4, 0.5) is 5.69 Å². The Kier molecular flexibility index (Phi) is 6.58. The van der Waals surface area contributed by atoms with Gasteiger partial charge in [0.2, 0.25) is 0 Å². The average Bonchev–Trinajstić information content (AvgIpc) is 2.58. The highest BCUT2D eigenvalue weighted by atomic mass is 35.5.